The highest BCUT2D eigenvalue weighted by molar-refractivity contribution is 6.00. The van der Waals surface area contributed by atoms with E-state index in [-0.39, 0.29) is 23.9 Å². The van der Waals surface area contributed by atoms with E-state index >= 15 is 0 Å². The second kappa shape index (κ2) is 13.6. The average Bonchev–Trinajstić information content (AvgIpc) is 3.56. The Labute approximate surface area is 242 Å². The number of unbranched alkanes of at least 4 members (excludes halogenated alkanes) is 2. The number of hydrogen-bond acceptors (Lipinski definition) is 6. The van der Waals surface area contributed by atoms with Gasteiger partial charge < -0.3 is 19.8 Å². The fourth-order valence-corrected chi connectivity index (χ4v) is 4.94. The Balaban J connectivity index is 1.46. The van der Waals surface area contributed by atoms with Crippen LogP contribution in [0.4, 0.5) is 13.2 Å². The second-order valence-electron chi connectivity index (χ2n) is 10.2. The zero-order valence-electron chi connectivity index (χ0n) is 23.9. The van der Waals surface area contributed by atoms with E-state index in [0.29, 0.717) is 42.1 Å². The molecule has 11 heteroatoms. The predicted molar refractivity (Wildman–Crippen MR) is 155 cm³/mol. The molecule has 1 radical (unpaired) electrons. The van der Waals surface area contributed by atoms with Crippen LogP contribution in [0.5, 0.6) is 11.5 Å². The molecule has 4 rings (SSSR count). The first-order chi connectivity index (χ1) is 20.1. The van der Waals surface area contributed by atoms with Crippen LogP contribution in [0.25, 0.3) is 16.6 Å². The Morgan fingerprint density at radius 2 is 1.88 bits per heavy atom. The molecule has 0 unspecified atom stereocenters. The molecule has 1 aliphatic heterocycles. The van der Waals surface area contributed by atoms with Crippen LogP contribution >= 0.6 is 0 Å². The number of nitrogens with zero attached hydrogens (tertiary/aromatic N) is 1. The van der Waals surface area contributed by atoms with E-state index in [2.05, 4.69) is 25.3 Å². The van der Waals surface area contributed by atoms with E-state index in [4.69, 9.17) is 4.74 Å². The maximum atomic E-state index is 13.4. The maximum absolute atomic E-state index is 13.4. The van der Waals surface area contributed by atoms with E-state index in [9.17, 15) is 22.8 Å². The first-order valence-corrected chi connectivity index (χ1v) is 13.9. The zero-order valence-corrected chi connectivity index (χ0v) is 23.9. The van der Waals surface area contributed by atoms with Crippen LogP contribution in [-0.2, 0) is 16.0 Å². The van der Waals surface area contributed by atoms with Crippen molar-refractivity contribution in [2.75, 3.05) is 7.11 Å². The number of nitrogens with one attached hydrogen (secondary N) is 3. The van der Waals surface area contributed by atoms with Gasteiger partial charge in [0, 0.05) is 35.0 Å². The van der Waals surface area contributed by atoms with Gasteiger partial charge in [0.15, 0.2) is 11.9 Å². The van der Waals surface area contributed by atoms with Gasteiger partial charge in [-0.15, -0.1) is 13.2 Å². The number of amidine groups is 1. The fourth-order valence-electron chi connectivity index (χ4n) is 4.94. The minimum Gasteiger partial charge on any atom is -0.497 e. The molecule has 0 saturated carbocycles. The summed E-state index contributed by atoms with van der Waals surface area (Å²) < 4.78 is 47.6. The molecule has 1 aromatic heterocycles. The van der Waals surface area contributed by atoms with Crippen LogP contribution in [-0.4, -0.2) is 42.0 Å². The Bertz CT molecular complexity index is 1490. The van der Waals surface area contributed by atoms with Crippen molar-refractivity contribution in [3.05, 3.63) is 65.5 Å². The molecule has 2 heterocycles. The predicted octanol–water partition coefficient (Wildman–Crippen LogP) is 5.68. The summed E-state index contributed by atoms with van der Waals surface area (Å²) in [4.78, 5) is 32.8. The molecule has 42 heavy (non-hydrogen) atoms. The number of carbonyl (C=O) groups is 2. The molecule has 3 N–H and O–H groups in total. The number of benzene rings is 2. The fraction of sp³-hybridized carbons (Fsp3) is 0.387. The number of Topliss-reactive ketones (excluding diaryl/α,β-unsaturated/α-hetero) is 1. The number of amides is 1. The number of hydrogen-bond donors (Lipinski definition) is 3. The summed E-state index contributed by atoms with van der Waals surface area (Å²) in [5.41, 5.74) is 3.60. The molecular weight excluding hydrogens is 549 g/mol. The lowest BCUT2D eigenvalue weighted by Crippen LogP contribution is -2.47. The van der Waals surface area contributed by atoms with Crippen molar-refractivity contribution in [2.24, 2.45) is 0 Å². The van der Waals surface area contributed by atoms with Crippen molar-refractivity contribution in [3.63, 3.8) is 0 Å². The third kappa shape index (κ3) is 8.14. The Hall–Kier alpha value is -4.28. The average molecular weight is 585 g/mol. The third-order valence-corrected chi connectivity index (χ3v) is 7.15. The molecule has 1 atom stereocenters. The van der Waals surface area contributed by atoms with Gasteiger partial charge in [0.1, 0.15) is 23.3 Å². The van der Waals surface area contributed by atoms with Crippen molar-refractivity contribution in [1.82, 2.24) is 20.6 Å². The molecule has 0 fully saturated rings. The Morgan fingerprint density at radius 3 is 2.62 bits per heavy atom. The van der Waals surface area contributed by atoms with Crippen LogP contribution in [0.2, 0.25) is 0 Å². The van der Waals surface area contributed by atoms with Crippen molar-refractivity contribution < 1.29 is 32.2 Å². The summed E-state index contributed by atoms with van der Waals surface area (Å²) in [7, 11) is 1.59. The molecule has 0 aliphatic carbocycles. The number of carbonyl (C=O) groups excluding carboxylic acids is 2. The quantitative estimate of drug-likeness (QED) is 0.212. The zero-order chi connectivity index (χ0) is 30.3. The van der Waals surface area contributed by atoms with E-state index in [0.717, 1.165) is 41.4 Å². The molecule has 0 spiro atoms. The van der Waals surface area contributed by atoms with Gasteiger partial charge in [0.05, 0.1) is 13.5 Å². The minimum atomic E-state index is -4.80. The van der Waals surface area contributed by atoms with E-state index in [1.54, 1.807) is 13.2 Å². The van der Waals surface area contributed by atoms with Crippen molar-refractivity contribution in [2.45, 2.75) is 71.2 Å². The number of alkyl halides is 3. The van der Waals surface area contributed by atoms with Gasteiger partial charge in [-0.2, -0.15) is 0 Å². The molecule has 8 nitrogen and oxygen atoms in total. The standard InChI is InChI=1S/C31H35F3N4O4/c1-4-21(39)10-6-5-7-12-27(30-35-18-28(38-30)20-9-8-11-23(15-20)42-31(32,33)34)37-29(40)17-24-19(2)36-26-14-13-22(41-3)16-25(24)26/h8-9,11,13-16,18,27,36,38H,4-7,10,12,17H2,1-3H3,(H,37,40)/q+1/t27-/m0/s1. The number of ether oxygens (including phenoxy) is 2. The second-order valence-corrected chi connectivity index (χ2v) is 10.2. The number of aromatic nitrogens is 1. The van der Waals surface area contributed by atoms with Crippen LogP contribution in [0.15, 0.2) is 48.7 Å². The van der Waals surface area contributed by atoms with Crippen LogP contribution in [0.1, 0.15) is 62.3 Å². The number of rotatable bonds is 14. The number of methoxy groups -OCH3 is 1. The molecular formula is C31H35F3N4O4+. The maximum Gasteiger partial charge on any atom is 0.573 e. The van der Waals surface area contributed by atoms with Gasteiger partial charge in [-0.05, 0) is 60.7 Å². The lowest BCUT2D eigenvalue weighted by Gasteiger charge is -2.16. The number of aryl methyl sites for hydroxylation is 1. The Kier molecular flexibility index (Phi) is 9.92. The summed E-state index contributed by atoms with van der Waals surface area (Å²) in [5.74, 6) is 0.857. The number of H-pyrrole nitrogens is 1. The van der Waals surface area contributed by atoms with Crippen LogP contribution in [0.3, 0.4) is 0 Å². The van der Waals surface area contributed by atoms with E-state index < -0.39 is 12.4 Å². The van der Waals surface area contributed by atoms with Gasteiger partial charge in [0.2, 0.25) is 5.91 Å². The monoisotopic (exact) mass is 584 g/mol. The van der Waals surface area contributed by atoms with E-state index in [1.807, 2.05) is 32.0 Å². The van der Waals surface area contributed by atoms with Gasteiger partial charge in [0.25, 0.3) is 0 Å². The summed E-state index contributed by atoms with van der Waals surface area (Å²) >= 11 is 0. The van der Waals surface area contributed by atoms with E-state index in [1.165, 1.54) is 24.4 Å². The topological polar surface area (TPSA) is 107 Å². The van der Waals surface area contributed by atoms with Gasteiger partial charge in [-0.3, -0.25) is 9.59 Å². The van der Waals surface area contributed by atoms with Gasteiger partial charge in [-0.1, -0.05) is 31.9 Å². The number of ketones is 1. The van der Waals surface area contributed by atoms with Crippen LogP contribution in [0, 0.1) is 6.92 Å². The molecule has 0 bridgehead atoms. The Morgan fingerprint density at radius 1 is 1.07 bits per heavy atom. The molecule has 1 amide bonds. The molecule has 0 saturated heterocycles. The van der Waals surface area contributed by atoms with Gasteiger partial charge in [-0.25, -0.2) is 5.32 Å². The van der Waals surface area contributed by atoms with Crippen molar-refractivity contribution in [1.29, 1.82) is 0 Å². The number of aromatic amines is 1. The molecule has 223 valence electrons. The van der Waals surface area contributed by atoms with Gasteiger partial charge >= 0.3 is 12.2 Å². The molecule has 1 aliphatic rings. The third-order valence-electron chi connectivity index (χ3n) is 7.15. The van der Waals surface area contributed by atoms with Crippen molar-refractivity contribution in [3.8, 4) is 11.5 Å². The summed E-state index contributed by atoms with van der Waals surface area (Å²) in [6.07, 6.45) is 0.779. The molecule has 3 aromatic rings. The van der Waals surface area contributed by atoms with Crippen LogP contribution < -0.4 is 25.1 Å². The largest absolute Gasteiger partial charge is 0.573 e. The first kappa shape index (κ1) is 30.7. The highest BCUT2D eigenvalue weighted by Gasteiger charge is 2.33. The first-order valence-electron chi connectivity index (χ1n) is 13.9. The lowest BCUT2D eigenvalue weighted by atomic mass is 10.0. The molecule has 2 aromatic carbocycles. The lowest BCUT2D eigenvalue weighted by molar-refractivity contribution is -0.274. The highest BCUT2D eigenvalue weighted by atomic mass is 19.4. The number of aliphatic imine (C=N–C) groups is 1. The highest BCUT2D eigenvalue weighted by Crippen LogP contribution is 2.28. The smallest absolute Gasteiger partial charge is 0.497 e. The summed E-state index contributed by atoms with van der Waals surface area (Å²) in [6.45, 7) is 3.76. The summed E-state index contributed by atoms with van der Waals surface area (Å²) in [6, 6.07) is 10.8. The normalized spacial score (nSPS) is 13.8. The minimum absolute atomic E-state index is 0.130. The summed E-state index contributed by atoms with van der Waals surface area (Å²) in [5, 5.41) is 7.16. The number of halogens is 3. The SMILES string of the molecule is CCC(=O)CCCCC[C@H](NC(=O)Cc1c(C)[nH]c2ccc(OC)cc12)C1=[N+]C=C(c2cccc(OC(F)(F)F)c2)N1. The number of fused-ring (bicyclic) bond motifs is 1. The van der Waals surface area contributed by atoms with Crippen molar-refractivity contribution >= 4 is 34.1 Å².